The molecule has 0 bridgehead atoms. The number of ether oxygens (including phenoxy) is 2. The SMILES string of the molecule is CC(C)(C)OC(=O)N1CCN(C(=S)CC(=O)CCOCc2ccccc2)CC1. The van der Waals surface area contributed by atoms with Crippen LogP contribution in [0.5, 0.6) is 0 Å². The molecule has 1 saturated heterocycles. The number of rotatable bonds is 7. The fraction of sp³-hybridized carbons (Fsp3) is 0.571. The summed E-state index contributed by atoms with van der Waals surface area (Å²) >= 11 is 5.43. The molecule has 0 N–H and O–H groups in total. The summed E-state index contributed by atoms with van der Waals surface area (Å²) in [6, 6.07) is 9.87. The normalized spacial score (nSPS) is 14.7. The van der Waals surface area contributed by atoms with Crippen LogP contribution >= 0.6 is 12.2 Å². The van der Waals surface area contributed by atoms with Crippen LogP contribution in [0.15, 0.2) is 30.3 Å². The largest absolute Gasteiger partial charge is 0.444 e. The highest BCUT2D eigenvalue weighted by Gasteiger charge is 2.27. The summed E-state index contributed by atoms with van der Waals surface area (Å²) in [6.45, 7) is 8.79. The zero-order valence-corrected chi connectivity index (χ0v) is 17.8. The fourth-order valence-corrected chi connectivity index (χ4v) is 3.13. The first-order chi connectivity index (χ1) is 13.2. The Morgan fingerprint density at radius 2 is 1.64 bits per heavy atom. The van der Waals surface area contributed by atoms with Gasteiger partial charge in [0.2, 0.25) is 0 Å². The van der Waals surface area contributed by atoms with E-state index >= 15 is 0 Å². The molecule has 0 atom stereocenters. The predicted octanol–water partition coefficient (Wildman–Crippen LogP) is 3.43. The van der Waals surface area contributed by atoms with Crippen LogP contribution in [0.1, 0.15) is 39.2 Å². The maximum atomic E-state index is 12.2. The number of thiocarbonyl (C=S) groups is 1. The Labute approximate surface area is 172 Å². The van der Waals surface area contributed by atoms with Crippen LogP contribution in [0, 0.1) is 0 Å². The van der Waals surface area contributed by atoms with Crippen molar-refractivity contribution in [3.05, 3.63) is 35.9 Å². The molecule has 0 spiro atoms. The summed E-state index contributed by atoms with van der Waals surface area (Å²) in [5.41, 5.74) is 0.590. The van der Waals surface area contributed by atoms with E-state index in [-0.39, 0.29) is 18.3 Å². The van der Waals surface area contributed by atoms with Gasteiger partial charge >= 0.3 is 6.09 Å². The van der Waals surface area contributed by atoms with Gasteiger partial charge in [-0.3, -0.25) is 4.79 Å². The minimum atomic E-state index is -0.501. The number of carbonyl (C=O) groups is 2. The minimum absolute atomic E-state index is 0.0765. The molecule has 0 unspecified atom stereocenters. The lowest BCUT2D eigenvalue weighted by atomic mass is 10.2. The van der Waals surface area contributed by atoms with Crippen molar-refractivity contribution in [2.24, 2.45) is 0 Å². The van der Waals surface area contributed by atoms with E-state index in [0.29, 0.717) is 50.8 Å². The van der Waals surface area contributed by atoms with E-state index in [1.54, 1.807) is 4.90 Å². The van der Waals surface area contributed by atoms with Gasteiger partial charge in [-0.05, 0) is 26.3 Å². The number of Topliss-reactive ketones (excluding diaryl/α,β-unsaturated/α-hetero) is 1. The van der Waals surface area contributed by atoms with Crippen LogP contribution in [-0.2, 0) is 20.9 Å². The van der Waals surface area contributed by atoms with Gasteiger partial charge in [-0.1, -0.05) is 42.5 Å². The number of carbonyl (C=O) groups excluding carboxylic acids is 2. The summed E-state index contributed by atoms with van der Waals surface area (Å²) in [5.74, 6) is 0.0765. The van der Waals surface area contributed by atoms with Crippen LogP contribution in [0.3, 0.4) is 0 Å². The molecule has 1 aromatic rings. The van der Waals surface area contributed by atoms with Crippen molar-refractivity contribution in [1.82, 2.24) is 9.80 Å². The quantitative estimate of drug-likeness (QED) is 0.511. The predicted molar refractivity (Wildman–Crippen MR) is 112 cm³/mol. The fourth-order valence-electron chi connectivity index (χ4n) is 2.78. The van der Waals surface area contributed by atoms with Crippen LogP contribution in [-0.4, -0.2) is 65.1 Å². The van der Waals surface area contributed by atoms with Crippen LogP contribution in [0.2, 0.25) is 0 Å². The van der Waals surface area contributed by atoms with Crippen molar-refractivity contribution in [3.8, 4) is 0 Å². The Kier molecular flexibility index (Phi) is 8.38. The molecule has 28 heavy (non-hydrogen) atoms. The smallest absolute Gasteiger partial charge is 0.410 e. The third-order valence-corrected chi connectivity index (χ3v) is 4.67. The summed E-state index contributed by atoms with van der Waals surface area (Å²) in [7, 11) is 0. The molecule has 0 aliphatic carbocycles. The van der Waals surface area contributed by atoms with Gasteiger partial charge in [-0.25, -0.2) is 4.79 Å². The second-order valence-electron chi connectivity index (χ2n) is 7.85. The molecule has 1 heterocycles. The zero-order valence-electron chi connectivity index (χ0n) is 17.0. The van der Waals surface area contributed by atoms with Crippen molar-refractivity contribution in [2.75, 3.05) is 32.8 Å². The Bertz CT molecular complexity index is 665. The first kappa shape index (κ1) is 22.3. The first-order valence-corrected chi connectivity index (χ1v) is 10.0. The maximum Gasteiger partial charge on any atom is 0.410 e. The standard InChI is InChI=1S/C21H30N2O4S/c1-21(2,3)27-20(25)23-12-10-22(11-13-23)19(28)15-18(24)9-14-26-16-17-7-5-4-6-8-17/h4-8H,9-16H2,1-3H3. The van der Waals surface area contributed by atoms with Crippen LogP contribution in [0.4, 0.5) is 4.79 Å². The molecule has 0 radical (unpaired) electrons. The Hall–Kier alpha value is -1.99. The third-order valence-electron chi connectivity index (χ3n) is 4.27. The van der Waals surface area contributed by atoms with E-state index in [0.717, 1.165) is 5.56 Å². The monoisotopic (exact) mass is 406 g/mol. The van der Waals surface area contributed by atoms with Crippen LogP contribution < -0.4 is 0 Å². The van der Waals surface area contributed by atoms with Gasteiger partial charge in [-0.15, -0.1) is 0 Å². The number of piperazine rings is 1. The summed E-state index contributed by atoms with van der Waals surface area (Å²) in [6.07, 6.45) is 0.297. The van der Waals surface area contributed by atoms with E-state index in [1.165, 1.54) is 0 Å². The van der Waals surface area contributed by atoms with Crippen molar-refractivity contribution in [2.45, 2.75) is 45.8 Å². The number of ketones is 1. The van der Waals surface area contributed by atoms with Gasteiger partial charge in [0.05, 0.1) is 24.6 Å². The highest BCUT2D eigenvalue weighted by molar-refractivity contribution is 7.80. The van der Waals surface area contributed by atoms with Crippen molar-refractivity contribution >= 4 is 29.1 Å². The van der Waals surface area contributed by atoms with E-state index < -0.39 is 5.60 Å². The van der Waals surface area contributed by atoms with Gasteiger partial charge in [0, 0.05) is 32.6 Å². The van der Waals surface area contributed by atoms with Gasteiger partial charge in [0.15, 0.2) is 0 Å². The van der Waals surface area contributed by atoms with E-state index in [1.807, 2.05) is 56.0 Å². The van der Waals surface area contributed by atoms with Gasteiger partial charge in [-0.2, -0.15) is 0 Å². The average molecular weight is 407 g/mol. The van der Waals surface area contributed by atoms with Gasteiger partial charge in [0.25, 0.3) is 0 Å². The molecule has 1 aliphatic heterocycles. The van der Waals surface area contributed by atoms with Crippen LogP contribution in [0.25, 0.3) is 0 Å². The second kappa shape index (κ2) is 10.5. The lowest BCUT2D eigenvalue weighted by Crippen LogP contribution is -2.51. The lowest BCUT2D eigenvalue weighted by molar-refractivity contribution is -0.119. The Balaban J connectivity index is 1.63. The number of hydrogen-bond acceptors (Lipinski definition) is 5. The van der Waals surface area contributed by atoms with E-state index in [4.69, 9.17) is 21.7 Å². The van der Waals surface area contributed by atoms with Gasteiger partial charge in [0.1, 0.15) is 11.4 Å². The Morgan fingerprint density at radius 3 is 2.25 bits per heavy atom. The van der Waals surface area contributed by atoms with E-state index in [2.05, 4.69) is 0 Å². The van der Waals surface area contributed by atoms with Crippen molar-refractivity contribution in [3.63, 3.8) is 0 Å². The second-order valence-corrected chi connectivity index (χ2v) is 8.32. The Morgan fingerprint density at radius 1 is 1.04 bits per heavy atom. The lowest BCUT2D eigenvalue weighted by Gasteiger charge is -2.36. The molecule has 154 valence electrons. The molecule has 1 aromatic carbocycles. The molecule has 1 aliphatic rings. The number of nitrogens with zero attached hydrogens (tertiary/aromatic N) is 2. The average Bonchev–Trinajstić information content (AvgIpc) is 2.65. The molecule has 1 fully saturated rings. The number of hydrogen-bond donors (Lipinski definition) is 0. The maximum absolute atomic E-state index is 12.2. The molecule has 0 saturated carbocycles. The summed E-state index contributed by atoms with van der Waals surface area (Å²) in [5, 5.41) is 0. The number of amides is 1. The number of benzene rings is 1. The zero-order chi connectivity index (χ0) is 20.6. The summed E-state index contributed by atoms with van der Waals surface area (Å²) < 4.78 is 11.0. The third kappa shape index (κ3) is 7.94. The minimum Gasteiger partial charge on any atom is -0.444 e. The summed E-state index contributed by atoms with van der Waals surface area (Å²) in [4.78, 5) is 28.6. The highest BCUT2D eigenvalue weighted by Crippen LogP contribution is 2.13. The molecular weight excluding hydrogens is 376 g/mol. The highest BCUT2D eigenvalue weighted by atomic mass is 32.1. The molecule has 1 amide bonds. The molecule has 6 nitrogen and oxygen atoms in total. The first-order valence-electron chi connectivity index (χ1n) is 9.63. The topological polar surface area (TPSA) is 59.1 Å². The molecule has 2 rings (SSSR count). The molecule has 0 aromatic heterocycles. The van der Waals surface area contributed by atoms with Gasteiger partial charge < -0.3 is 19.3 Å². The van der Waals surface area contributed by atoms with Crippen molar-refractivity contribution in [1.29, 1.82) is 0 Å². The van der Waals surface area contributed by atoms with Crippen molar-refractivity contribution < 1.29 is 19.1 Å². The molecular formula is C21H30N2O4S. The van der Waals surface area contributed by atoms with E-state index in [9.17, 15) is 9.59 Å². The molecule has 7 heteroatoms.